The average molecular weight is 308 g/mol. The zero-order valence-corrected chi connectivity index (χ0v) is 12.4. The van der Waals surface area contributed by atoms with Crippen LogP contribution in [0.3, 0.4) is 0 Å². The van der Waals surface area contributed by atoms with Gasteiger partial charge in [0.1, 0.15) is 0 Å². The molecule has 0 aromatic heterocycles. The molecular weight excluding hydrogens is 288 g/mol. The Bertz CT molecular complexity index is 513. The van der Waals surface area contributed by atoms with Crippen molar-refractivity contribution in [1.82, 2.24) is 10.6 Å². The molecule has 120 valence electrons. The van der Waals surface area contributed by atoms with Gasteiger partial charge >= 0.3 is 18.0 Å². The molecule has 0 bridgehead atoms. The van der Waals surface area contributed by atoms with E-state index in [2.05, 4.69) is 10.6 Å². The molecule has 0 aliphatic carbocycles. The van der Waals surface area contributed by atoms with Crippen molar-refractivity contribution in [2.24, 2.45) is 0 Å². The summed E-state index contributed by atoms with van der Waals surface area (Å²) in [7, 11) is 0. The summed E-state index contributed by atoms with van der Waals surface area (Å²) in [5, 5.41) is 14.0. The molecule has 0 saturated heterocycles. The van der Waals surface area contributed by atoms with Crippen LogP contribution in [0.25, 0.3) is 0 Å². The molecule has 0 aliphatic heterocycles. The van der Waals surface area contributed by atoms with Crippen molar-refractivity contribution in [2.75, 3.05) is 13.2 Å². The second-order valence-electron chi connectivity index (χ2n) is 4.52. The topological polar surface area (TPSA) is 105 Å². The standard InChI is InChI=1S/C15H20N2O5/c1-2-22-13(18)4-3-9-16-15(21)17-10-11-5-7-12(8-6-11)14(19)20/h5-8H,2-4,9-10H2,1H3,(H,19,20)(H2,16,17,21). The lowest BCUT2D eigenvalue weighted by Crippen LogP contribution is -2.35. The van der Waals surface area contributed by atoms with E-state index in [0.29, 0.717) is 26.1 Å². The maximum absolute atomic E-state index is 11.5. The van der Waals surface area contributed by atoms with Crippen LogP contribution in [-0.2, 0) is 16.1 Å². The molecule has 0 spiro atoms. The highest BCUT2D eigenvalue weighted by molar-refractivity contribution is 5.87. The lowest BCUT2D eigenvalue weighted by Gasteiger charge is -2.08. The number of amides is 2. The summed E-state index contributed by atoms with van der Waals surface area (Å²) in [5.74, 6) is -1.26. The number of carboxylic acid groups (broad SMARTS) is 1. The quantitative estimate of drug-likeness (QED) is 0.499. The Kier molecular flexibility index (Phi) is 7.45. The third-order valence-corrected chi connectivity index (χ3v) is 2.80. The first-order chi connectivity index (χ1) is 10.5. The van der Waals surface area contributed by atoms with Gasteiger partial charge in [0.05, 0.1) is 12.2 Å². The Hall–Kier alpha value is -2.57. The first-order valence-corrected chi connectivity index (χ1v) is 7.02. The molecule has 2 amide bonds. The van der Waals surface area contributed by atoms with E-state index in [1.165, 1.54) is 12.1 Å². The van der Waals surface area contributed by atoms with Gasteiger partial charge < -0.3 is 20.5 Å². The molecule has 1 rings (SSSR count). The molecule has 7 nitrogen and oxygen atoms in total. The van der Waals surface area contributed by atoms with E-state index in [-0.39, 0.29) is 24.0 Å². The Labute approximate surface area is 128 Å². The van der Waals surface area contributed by atoms with Gasteiger partial charge in [-0.3, -0.25) is 4.79 Å². The molecule has 0 saturated carbocycles. The lowest BCUT2D eigenvalue weighted by molar-refractivity contribution is -0.143. The van der Waals surface area contributed by atoms with Gasteiger partial charge in [0.2, 0.25) is 0 Å². The van der Waals surface area contributed by atoms with Crippen LogP contribution >= 0.6 is 0 Å². The van der Waals surface area contributed by atoms with Gasteiger partial charge in [0.25, 0.3) is 0 Å². The van der Waals surface area contributed by atoms with Gasteiger partial charge in [-0.1, -0.05) is 12.1 Å². The maximum atomic E-state index is 11.5. The number of carbonyl (C=O) groups is 3. The Morgan fingerprint density at radius 3 is 2.41 bits per heavy atom. The van der Waals surface area contributed by atoms with Gasteiger partial charge in [-0.05, 0) is 31.0 Å². The van der Waals surface area contributed by atoms with Crippen molar-refractivity contribution in [2.45, 2.75) is 26.3 Å². The zero-order valence-electron chi connectivity index (χ0n) is 12.4. The Balaban J connectivity index is 2.20. The molecule has 3 N–H and O–H groups in total. The predicted molar refractivity (Wildman–Crippen MR) is 79.5 cm³/mol. The SMILES string of the molecule is CCOC(=O)CCCNC(=O)NCc1ccc(C(=O)O)cc1. The van der Waals surface area contributed by atoms with Crippen molar-refractivity contribution in [3.63, 3.8) is 0 Å². The summed E-state index contributed by atoms with van der Waals surface area (Å²) in [6.07, 6.45) is 0.782. The molecule has 0 fully saturated rings. The molecule has 0 atom stereocenters. The fourth-order valence-electron chi connectivity index (χ4n) is 1.68. The molecule has 0 radical (unpaired) electrons. The van der Waals surface area contributed by atoms with Crippen LogP contribution in [-0.4, -0.2) is 36.2 Å². The third kappa shape index (κ3) is 6.74. The van der Waals surface area contributed by atoms with Crippen LogP contribution in [0.5, 0.6) is 0 Å². The number of esters is 1. The maximum Gasteiger partial charge on any atom is 0.335 e. The van der Waals surface area contributed by atoms with Crippen molar-refractivity contribution in [1.29, 1.82) is 0 Å². The summed E-state index contributed by atoms with van der Waals surface area (Å²) in [6.45, 7) is 2.77. The highest BCUT2D eigenvalue weighted by Gasteiger charge is 2.04. The van der Waals surface area contributed by atoms with Crippen molar-refractivity contribution < 1.29 is 24.2 Å². The number of aromatic carboxylic acids is 1. The number of hydrogen-bond donors (Lipinski definition) is 3. The molecule has 7 heteroatoms. The summed E-state index contributed by atoms with van der Waals surface area (Å²) in [6, 6.07) is 5.91. The van der Waals surface area contributed by atoms with Gasteiger partial charge in [-0.2, -0.15) is 0 Å². The monoisotopic (exact) mass is 308 g/mol. The summed E-state index contributed by atoms with van der Waals surface area (Å²) >= 11 is 0. The average Bonchev–Trinajstić information content (AvgIpc) is 2.50. The fourth-order valence-corrected chi connectivity index (χ4v) is 1.68. The number of urea groups is 1. The van der Waals surface area contributed by atoms with Crippen molar-refractivity contribution in [3.8, 4) is 0 Å². The first-order valence-electron chi connectivity index (χ1n) is 7.02. The highest BCUT2D eigenvalue weighted by atomic mass is 16.5. The summed E-state index contributed by atoms with van der Waals surface area (Å²) in [4.78, 5) is 33.3. The second kappa shape index (κ2) is 9.38. The van der Waals surface area contributed by atoms with Crippen LogP contribution in [0.1, 0.15) is 35.7 Å². The smallest absolute Gasteiger partial charge is 0.335 e. The highest BCUT2D eigenvalue weighted by Crippen LogP contribution is 2.04. The fraction of sp³-hybridized carbons (Fsp3) is 0.400. The Morgan fingerprint density at radius 1 is 1.14 bits per heavy atom. The van der Waals surface area contributed by atoms with Gasteiger partial charge in [0.15, 0.2) is 0 Å². The largest absolute Gasteiger partial charge is 0.478 e. The minimum Gasteiger partial charge on any atom is -0.478 e. The van der Waals surface area contributed by atoms with E-state index in [1.807, 2.05) is 0 Å². The van der Waals surface area contributed by atoms with E-state index in [0.717, 1.165) is 5.56 Å². The number of ether oxygens (including phenoxy) is 1. The zero-order chi connectivity index (χ0) is 16.4. The number of carboxylic acids is 1. The Morgan fingerprint density at radius 2 is 1.82 bits per heavy atom. The molecule has 22 heavy (non-hydrogen) atoms. The van der Waals surface area contributed by atoms with Crippen LogP contribution < -0.4 is 10.6 Å². The van der Waals surface area contributed by atoms with E-state index >= 15 is 0 Å². The molecule has 0 aliphatic rings. The molecule has 1 aromatic rings. The second-order valence-corrected chi connectivity index (χ2v) is 4.52. The molecular formula is C15H20N2O5. The first kappa shape index (κ1) is 17.5. The number of rotatable bonds is 8. The normalized spacial score (nSPS) is 9.86. The van der Waals surface area contributed by atoms with Crippen LogP contribution in [0.4, 0.5) is 4.79 Å². The number of nitrogens with one attached hydrogen (secondary N) is 2. The molecule has 1 aromatic carbocycles. The summed E-state index contributed by atoms with van der Waals surface area (Å²) in [5.41, 5.74) is 0.999. The predicted octanol–water partition coefficient (Wildman–Crippen LogP) is 1.53. The lowest BCUT2D eigenvalue weighted by atomic mass is 10.1. The van der Waals surface area contributed by atoms with E-state index < -0.39 is 5.97 Å². The van der Waals surface area contributed by atoms with Gasteiger partial charge in [-0.25, -0.2) is 9.59 Å². The third-order valence-electron chi connectivity index (χ3n) is 2.80. The van der Waals surface area contributed by atoms with Crippen molar-refractivity contribution in [3.05, 3.63) is 35.4 Å². The van der Waals surface area contributed by atoms with Crippen LogP contribution in [0.2, 0.25) is 0 Å². The molecule has 0 heterocycles. The van der Waals surface area contributed by atoms with E-state index in [9.17, 15) is 14.4 Å². The molecule has 0 unspecified atom stereocenters. The van der Waals surface area contributed by atoms with Crippen LogP contribution in [0.15, 0.2) is 24.3 Å². The minimum atomic E-state index is -0.987. The van der Waals surface area contributed by atoms with Crippen LogP contribution in [0, 0.1) is 0 Å². The van der Waals surface area contributed by atoms with E-state index in [1.54, 1.807) is 19.1 Å². The minimum absolute atomic E-state index is 0.201. The summed E-state index contributed by atoms with van der Waals surface area (Å²) < 4.78 is 4.77. The van der Waals surface area contributed by atoms with E-state index in [4.69, 9.17) is 9.84 Å². The number of benzene rings is 1. The van der Waals surface area contributed by atoms with Gasteiger partial charge in [0, 0.05) is 19.5 Å². The number of hydrogen-bond acceptors (Lipinski definition) is 4. The van der Waals surface area contributed by atoms with Crippen molar-refractivity contribution >= 4 is 18.0 Å². The number of carbonyl (C=O) groups excluding carboxylic acids is 2. The van der Waals surface area contributed by atoms with Gasteiger partial charge in [-0.15, -0.1) is 0 Å².